The van der Waals surface area contributed by atoms with Crippen molar-refractivity contribution in [3.05, 3.63) is 116 Å². The number of benzene rings is 3. The normalized spacial score (nSPS) is 14.1. The van der Waals surface area contributed by atoms with Gasteiger partial charge in [-0.2, -0.15) is 0 Å². The first-order valence-corrected chi connectivity index (χ1v) is 16.1. The maximum atomic E-state index is 5.05. The number of pyridine rings is 1. The molecule has 4 aromatic rings. The molecule has 0 atom stereocenters. The van der Waals surface area contributed by atoms with Crippen LogP contribution >= 0.6 is 0 Å². The van der Waals surface area contributed by atoms with E-state index in [1.807, 2.05) is 12.3 Å². The van der Waals surface area contributed by atoms with Crippen molar-refractivity contribution in [2.75, 3.05) is 23.5 Å². The van der Waals surface area contributed by atoms with Gasteiger partial charge in [-0.3, -0.25) is 4.98 Å². The summed E-state index contributed by atoms with van der Waals surface area (Å²) in [5.41, 5.74) is 4.62. The quantitative estimate of drug-likeness (QED) is 0.229. The number of hydrogen-bond acceptors (Lipinski definition) is 4. The van der Waals surface area contributed by atoms with Gasteiger partial charge in [0.05, 0.1) is 6.67 Å². The van der Waals surface area contributed by atoms with Gasteiger partial charge >= 0.3 is 0 Å². The van der Waals surface area contributed by atoms with Crippen LogP contribution in [0.25, 0.3) is 0 Å². The molecule has 0 amide bonds. The molecule has 0 radical (unpaired) electrons. The van der Waals surface area contributed by atoms with Crippen LogP contribution in [0.2, 0.25) is 10.1 Å². The molecule has 0 saturated heterocycles. The van der Waals surface area contributed by atoms with Crippen molar-refractivity contribution in [3.63, 3.8) is 0 Å². The molecule has 0 bridgehead atoms. The van der Waals surface area contributed by atoms with Crippen LogP contribution < -0.4 is 20.3 Å². The Bertz CT molecular complexity index is 1450. The van der Waals surface area contributed by atoms with Gasteiger partial charge in [0.1, 0.15) is 0 Å². The van der Waals surface area contributed by atoms with E-state index in [0.29, 0.717) is 0 Å². The number of anilines is 4. The van der Waals surface area contributed by atoms with Crippen LogP contribution in [0, 0.1) is 0 Å². The highest BCUT2D eigenvalue weighted by Crippen LogP contribution is 2.50. The van der Waals surface area contributed by atoms with Crippen LogP contribution in [0.3, 0.4) is 0 Å². The number of hydrogen-bond donors (Lipinski definition) is 0. The molecule has 4 nitrogen and oxygen atoms in total. The van der Waals surface area contributed by atoms with Gasteiger partial charge in [0.2, 0.25) is 0 Å². The van der Waals surface area contributed by atoms with Crippen molar-refractivity contribution in [2.45, 2.75) is 51.6 Å². The fourth-order valence-corrected chi connectivity index (χ4v) is 14.0. The van der Waals surface area contributed by atoms with Gasteiger partial charge in [-0.05, 0) is 69.9 Å². The van der Waals surface area contributed by atoms with E-state index in [4.69, 9.17) is 4.98 Å². The Morgan fingerprint density at radius 2 is 1.30 bits per heavy atom. The Hall–Kier alpha value is -3.83. The molecule has 1 aromatic heterocycles. The van der Waals surface area contributed by atoms with Gasteiger partial charge in [-0.15, -0.1) is 0 Å². The molecule has 1 aliphatic heterocycles. The van der Waals surface area contributed by atoms with Gasteiger partial charge in [-0.1, -0.05) is 84.0 Å². The zero-order valence-electron chi connectivity index (χ0n) is 25.0. The molecule has 0 fully saturated rings. The van der Waals surface area contributed by atoms with Crippen LogP contribution in [-0.2, 0) is 0 Å². The maximum absolute atomic E-state index is 5.05. The summed E-state index contributed by atoms with van der Waals surface area (Å²) in [4.78, 5) is 11.9. The zero-order valence-corrected chi connectivity index (χ0v) is 26.0. The summed E-state index contributed by atoms with van der Waals surface area (Å²) in [6.07, 6.45) is 6.22. The van der Waals surface area contributed by atoms with E-state index in [-0.39, 0.29) is 10.1 Å². The first-order chi connectivity index (χ1) is 19.0. The molecule has 5 heteroatoms. The Morgan fingerprint density at radius 1 is 0.675 bits per heavy atom. The molecule has 0 saturated carbocycles. The highest BCUT2D eigenvalue weighted by atomic mass is 28.3. The highest BCUT2D eigenvalue weighted by molar-refractivity contribution is 7.05. The van der Waals surface area contributed by atoms with Gasteiger partial charge in [0, 0.05) is 53.7 Å². The summed E-state index contributed by atoms with van der Waals surface area (Å²) in [5.74, 6) is 0. The van der Waals surface area contributed by atoms with Crippen LogP contribution in [0.1, 0.15) is 41.5 Å². The second-order valence-electron chi connectivity index (χ2n) is 12.9. The number of para-hydroxylation sites is 1. The van der Waals surface area contributed by atoms with E-state index >= 15 is 0 Å². The molecular formula is C35H42N4Si. The molecule has 0 unspecified atom stereocenters. The van der Waals surface area contributed by atoms with Crippen LogP contribution in [0.15, 0.2) is 116 Å². The lowest BCUT2D eigenvalue weighted by atomic mass is 10.1. The second-order valence-corrected chi connectivity index (χ2v) is 18.5. The zero-order chi connectivity index (χ0) is 28.5. The standard InChI is InChI=1S/C35H42N4Si/c1-34(2,3)40(35(4,5)6,33-21-11-12-22-36-33)32-20-14-19-31(26-32)39(28-15-9-8-10-16-28)30-18-13-17-29(25-30)38-24-23-37(7)27-38/h8-26H,27H2,1-7H3. The van der Waals surface area contributed by atoms with Crippen molar-refractivity contribution >= 4 is 41.3 Å². The molecule has 2 heterocycles. The molecule has 0 aliphatic carbocycles. The van der Waals surface area contributed by atoms with E-state index in [1.54, 1.807) is 0 Å². The summed E-state index contributed by atoms with van der Waals surface area (Å²) < 4.78 is 0. The van der Waals surface area contributed by atoms with Crippen LogP contribution in [0.5, 0.6) is 0 Å². The van der Waals surface area contributed by atoms with Crippen molar-refractivity contribution in [3.8, 4) is 0 Å². The molecule has 3 aromatic carbocycles. The summed E-state index contributed by atoms with van der Waals surface area (Å²) in [5, 5.41) is 2.71. The van der Waals surface area contributed by atoms with Crippen molar-refractivity contribution < 1.29 is 0 Å². The third kappa shape index (κ3) is 4.95. The third-order valence-electron chi connectivity index (χ3n) is 8.15. The molecule has 206 valence electrons. The third-order valence-corrected chi connectivity index (χ3v) is 14.9. The number of rotatable bonds is 6. The molecular weight excluding hydrogens is 504 g/mol. The van der Waals surface area contributed by atoms with Crippen molar-refractivity contribution in [1.82, 2.24) is 9.88 Å². The largest absolute Gasteiger partial charge is 0.361 e. The lowest BCUT2D eigenvalue weighted by Crippen LogP contribution is -2.70. The lowest BCUT2D eigenvalue weighted by molar-refractivity contribution is 0.496. The Balaban J connectivity index is 1.71. The Kier molecular flexibility index (Phi) is 7.36. The van der Waals surface area contributed by atoms with Gasteiger partial charge < -0.3 is 14.7 Å². The van der Waals surface area contributed by atoms with E-state index in [0.717, 1.165) is 23.7 Å². The smallest absolute Gasteiger partial charge is 0.151 e. The first kappa shape index (κ1) is 27.7. The minimum Gasteiger partial charge on any atom is -0.361 e. The summed E-state index contributed by atoms with van der Waals surface area (Å²) in [7, 11) is -0.329. The average Bonchev–Trinajstić information content (AvgIpc) is 3.36. The Labute approximate surface area is 241 Å². The second kappa shape index (κ2) is 10.6. The van der Waals surface area contributed by atoms with Crippen LogP contribution in [0.4, 0.5) is 22.7 Å². The van der Waals surface area contributed by atoms with E-state index in [9.17, 15) is 0 Å². The molecule has 5 rings (SSSR count). The predicted octanol–water partition coefficient (Wildman–Crippen LogP) is 7.90. The van der Waals surface area contributed by atoms with E-state index in [1.165, 1.54) is 16.2 Å². The molecule has 0 spiro atoms. The average molecular weight is 547 g/mol. The molecule has 1 aliphatic rings. The van der Waals surface area contributed by atoms with Crippen molar-refractivity contribution in [2.24, 2.45) is 0 Å². The predicted molar refractivity (Wildman–Crippen MR) is 174 cm³/mol. The SMILES string of the molecule is CN1C=CN(c2cccc(N(c3ccccc3)c3cccc([Si](c4ccccn4)(C(C)(C)C)C(C)(C)C)c3)c2)C1. The fourth-order valence-electron chi connectivity index (χ4n) is 6.90. The summed E-state index contributed by atoms with van der Waals surface area (Å²) in [6, 6.07) is 35.3. The summed E-state index contributed by atoms with van der Waals surface area (Å²) >= 11 is 0. The molecule has 0 N–H and O–H groups in total. The van der Waals surface area contributed by atoms with E-state index in [2.05, 4.69) is 167 Å². The first-order valence-electron chi connectivity index (χ1n) is 14.1. The number of aromatic nitrogens is 1. The maximum Gasteiger partial charge on any atom is 0.151 e. The number of nitrogens with zero attached hydrogens (tertiary/aromatic N) is 4. The van der Waals surface area contributed by atoms with Gasteiger partial charge in [-0.25, -0.2) is 0 Å². The molecule has 40 heavy (non-hydrogen) atoms. The van der Waals surface area contributed by atoms with Crippen LogP contribution in [-0.4, -0.2) is 31.7 Å². The monoisotopic (exact) mass is 546 g/mol. The lowest BCUT2D eigenvalue weighted by Gasteiger charge is -2.52. The fraction of sp³-hybridized carbons (Fsp3) is 0.286. The van der Waals surface area contributed by atoms with Crippen molar-refractivity contribution in [1.29, 1.82) is 0 Å². The Morgan fingerprint density at radius 3 is 1.90 bits per heavy atom. The summed E-state index contributed by atoms with van der Waals surface area (Å²) in [6.45, 7) is 15.3. The minimum atomic E-state index is -2.43. The van der Waals surface area contributed by atoms with Gasteiger partial charge in [0.15, 0.2) is 8.07 Å². The highest BCUT2D eigenvalue weighted by Gasteiger charge is 2.56. The minimum absolute atomic E-state index is 0.0316. The van der Waals surface area contributed by atoms with E-state index < -0.39 is 8.07 Å². The van der Waals surface area contributed by atoms with Gasteiger partial charge in [0.25, 0.3) is 0 Å². The topological polar surface area (TPSA) is 22.6 Å².